The fourth-order valence-corrected chi connectivity index (χ4v) is 4.21. The highest BCUT2D eigenvalue weighted by Crippen LogP contribution is 2.38. The second-order valence-electron chi connectivity index (χ2n) is 8.78. The number of carbonyl (C=O) groups excluding carboxylic acids is 1. The fourth-order valence-electron chi connectivity index (χ4n) is 4.21. The minimum atomic E-state index is -1.20. The van der Waals surface area contributed by atoms with Crippen LogP contribution in [0, 0.1) is 0 Å². The van der Waals surface area contributed by atoms with E-state index in [2.05, 4.69) is 25.6 Å². The molecule has 1 aliphatic heterocycles. The zero-order valence-corrected chi connectivity index (χ0v) is 19.8. The van der Waals surface area contributed by atoms with Crippen molar-refractivity contribution in [3.05, 3.63) is 71.0 Å². The van der Waals surface area contributed by atoms with Gasteiger partial charge in [0.25, 0.3) is 5.91 Å². The van der Waals surface area contributed by atoms with Crippen molar-refractivity contribution in [1.29, 1.82) is 0 Å². The van der Waals surface area contributed by atoms with Crippen molar-refractivity contribution in [2.75, 3.05) is 23.8 Å². The highest BCUT2D eigenvalue weighted by Gasteiger charge is 2.43. The number of carboxylic acids is 1. The van der Waals surface area contributed by atoms with Crippen LogP contribution >= 0.6 is 0 Å². The van der Waals surface area contributed by atoms with E-state index in [9.17, 15) is 19.8 Å². The van der Waals surface area contributed by atoms with Gasteiger partial charge < -0.3 is 25.7 Å². The van der Waals surface area contributed by atoms with Gasteiger partial charge in [0.15, 0.2) is 0 Å². The summed E-state index contributed by atoms with van der Waals surface area (Å²) in [5, 5.41) is 25.5. The Balaban J connectivity index is 1.63. The van der Waals surface area contributed by atoms with Gasteiger partial charge in [0.1, 0.15) is 17.2 Å². The van der Waals surface area contributed by atoms with E-state index in [1.54, 1.807) is 12.1 Å². The molecule has 1 amide bonds. The first-order chi connectivity index (χ1) is 16.8. The normalized spacial score (nSPS) is 15.0. The van der Waals surface area contributed by atoms with Crippen LogP contribution in [-0.4, -0.2) is 55.1 Å². The number of amides is 1. The molecule has 0 spiro atoms. The lowest BCUT2D eigenvalue weighted by Crippen LogP contribution is -2.39. The minimum absolute atomic E-state index is 0.0459. The van der Waals surface area contributed by atoms with Gasteiger partial charge in [0.2, 0.25) is 5.95 Å². The predicted octanol–water partition coefficient (Wildman–Crippen LogP) is 3.56. The number of hydrogen-bond acceptors (Lipinski definition) is 8. The highest BCUT2D eigenvalue weighted by atomic mass is 16.4. The van der Waals surface area contributed by atoms with Crippen LogP contribution in [0.4, 0.5) is 17.6 Å². The van der Waals surface area contributed by atoms with E-state index in [1.165, 1.54) is 6.20 Å². The first kappa shape index (κ1) is 24.1. The number of aliphatic hydroxyl groups is 1. The summed E-state index contributed by atoms with van der Waals surface area (Å²) in [5.74, 6) is -0.629. The van der Waals surface area contributed by atoms with Crippen molar-refractivity contribution in [2.24, 2.45) is 0 Å². The number of pyridine rings is 1. The molecule has 0 fully saturated rings. The summed E-state index contributed by atoms with van der Waals surface area (Å²) in [6.07, 6.45) is 2.04. The molecule has 182 valence electrons. The third-order valence-corrected chi connectivity index (χ3v) is 6.03. The van der Waals surface area contributed by atoms with Crippen molar-refractivity contribution < 1.29 is 19.8 Å². The van der Waals surface area contributed by atoms with Gasteiger partial charge in [-0.05, 0) is 38.0 Å². The molecule has 0 aliphatic carbocycles. The Morgan fingerprint density at radius 2 is 1.89 bits per heavy atom. The molecule has 0 saturated carbocycles. The maximum atomic E-state index is 12.8. The van der Waals surface area contributed by atoms with Crippen LogP contribution in [-0.2, 0) is 5.54 Å². The van der Waals surface area contributed by atoms with Crippen molar-refractivity contribution in [1.82, 2.24) is 19.9 Å². The number of benzene rings is 1. The zero-order chi connectivity index (χ0) is 25.2. The second kappa shape index (κ2) is 9.67. The Morgan fingerprint density at radius 1 is 1.14 bits per heavy atom. The average Bonchev–Trinajstić information content (AvgIpc) is 3.03. The summed E-state index contributed by atoms with van der Waals surface area (Å²) < 4.78 is 0. The maximum absolute atomic E-state index is 12.8. The number of carboxylic acid groups (broad SMARTS) is 1. The molecule has 1 atom stereocenters. The summed E-state index contributed by atoms with van der Waals surface area (Å²) in [4.78, 5) is 39.5. The van der Waals surface area contributed by atoms with Crippen LogP contribution in [0.25, 0.3) is 0 Å². The Labute approximate surface area is 203 Å². The Morgan fingerprint density at radius 3 is 2.54 bits per heavy atom. The molecule has 0 unspecified atom stereocenters. The number of hydrogen-bond donors (Lipinski definition) is 4. The van der Waals surface area contributed by atoms with Gasteiger partial charge >= 0.3 is 5.97 Å². The average molecular weight is 477 g/mol. The fraction of sp³-hybridized carbons (Fsp3) is 0.320. The van der Waals surface area contributed by atoms with E-state index in [1.807, 2.05) is 56.0 Å². The number of fused-ring (bicyclic) bond motifs is 1. The van der Waals surface area contributed by atoms with Crippen LogP contribution in [0.1, 0.15) is 65.2 Å². The molecule has 4 N–H and O–H groups in total. The van der Waals surface area contributed by atoms with E-state index in [0.29, 0.717) is 23.6 Å². The molecule has 0 bridgehead atoms. The van der Waals surface area contributed by atoms with Gasteiger partial charge in [0, 0.05) is 12.7 Å². The summed E-state index contributed by atoms with van der Waals surface area (Å²) in [7, 11) is 0. The lowest BCUT2D eigenvalue weighted by molar-refractivity contribution is 0.0613. The van der Waals surface area contributed by atoms with Gasteiger partial charge in [0.05, 0.1) is 29.4 Å². The van der Waals surface area contributed by atoms with Crippen molar-refractivity contribution in [2.45, 2.75) is 38.8 Å². The molecular formula is C25H28N6O4. The number of nitrogens with one attached hydrogen (secondary N) is 2. The Hall–Kier alpha value is -4.05. The summed E-state index contributed by atoms with van der Waals surface area (Å²) in [5.41, 5.74) is 1.31. The van der Waals surface area contributed by atoms with Gasteiger partial charge in [-0.1, -0.05) is 37.3 Å². The zero-order valence-electron chi connectivity index (χ0n) is 19.8. The highest BCUT2D eigenvalue weighted by molar-refractivity contribution is 5.99. The lowest BCUT2D eigenvalue weighted by atomic mass is 9.99. The summed E-state index contributed by atoms with van der Waals surface area (Å²) >= 11 is 0. The number of rotatable bonds is 9. The Bertz CT molecular complexity index is 1250. The second-order valence-corrected chi connectivity index (χ2v) is 8.78. The van der Waals surface area contributed by atoms with Gasteiger partial charge in [-0.3, -0.25) is 4.79 Å². The summed E-state index contributed by atoms with van der Waals surface area (Å²) in [6.45, 7) is 6.31. The monoisotopic (exact) mass is 476 g/mol. The van der Waals surface area contributed by atoms with Crippen molar-refractivity contribution in [3.8, 4) is 0 Å². The minimum Gasteiger partial charge on any atom is -0.477 e. The topological polar surface area (TPSA) is 141 Å². The quantitative estimate of drug-likeness (QED) is 0.365. The third-order valence-electron chi connectivity index (χ3n) is 6.03. The van der Waals surface area contributed by atoms with Crippen LogP contribution in [0.3, 0.4) is 0 Å². The molecule has 10 nitrogen and oxygen atoms in total. The van der Waals surface area contributed by atoms with Crippen LogP contribution in [0.5, 0.6) is 0 Å². The molecule has 2 aromatic heterocycles. The standard InChI is InChI=1S/C25H28N6O4/c1-4-12-31-22(33)16-10-11-19(28-20(16)25(31,2)3)29-24-26-13-17(23(34)35)21(30-24)27-18(14-32)15-8-6-5-7-9-15/h5-11,13,18,32H,4,12,14H2,1-3H3,(H,34,35)(H2,26,27,28,29,30)/t18-/m1/s1. The summed E-state index contributed by atoms with van der Waals surface area (Å²) in [6, 6.07) is 12.0. The van der Waals surface area contributed by atoms with Gasteiger partial charge in [-0.2, -0.15) is 4.98 Å². The van der Waals surface area contributed by atoms with Crippen LogP contribution < -0.4 is 10.6 Å². The van der Waals surface area contributed by atoms with E-state index in [-0.39, 0.29) is 29.8 Å². The molecular weight excluding hydrogens is 448 g/mol. The number of aromatic nitrogens is 3. The van der Waals surface area contributed by atoms with Gasteiger partial charge in [-0.15, -0.1) is 0 Å². The number of aliphatic hydroxyl groups excluding tert-OH is 1. The third kappa shape index (κ3) is 4.65. The van der Waals surface area contributed by atoms with Crippen LogP contribution in [0.2, 0.25) is 0 Å². The first-order valence-corrected chi connectivity index (χ1v) is 11.4. The molecule has 3 heterocycles. The molecule has 4 rings (SSSR count). The van der Waals surface area contributed by atoms with E-state index in [4.69, 9.17) is 0 Å². The van der Waals surface area contributed by atoms with Crippen LogP contribution in [0.15, 0.2) is 48.7 Å². The molecule has 0 saturated heterocycles. The SMILES string of the molecule is CCCN1C(=O)c2ccc(Nc3ncc(C(=O)O)c(N[C@H](CO)c4ccccc4)n3)nc2C1(C)C. The number of carbonyl (C=O) groups is 2. The first-order valence-electron chi connectivity index (χ1n) is 11.4. The predicted molar refractivity (Wildman–Crippen MR) is 131 cm³/mol. The molecule has 35 heavy (non-hydrogen) atoms. The maximum Gasteiger partial charge on any atom is 0.341 e. The molecule has 1 aromatic carbocycles. The molecule has 3 aromatic rings. The molecule has 10 heteroatoms. The van der Waals surface area contributed by atoms with Crippen molar-refractivity contribution in [3.63, 3.8) is 0 Å². The van der Waals surface area contributed by atoms with Gasteiger partial charge in [-0.25, -0.2) is 14.8 Å². The number of anilines is 3. The smallest absolute Gasteiger partial charge is 0.341 e. The Kier molecular flexibility index (Phi) is 6.65. The van der Waals surface area contributed by atoms with E-state index < -0.39 is 17.6 Å². The number of nitrogens with zero attached hydrogens (tertiary/aromatic N) is 4. The molecule has 0 radical (unpaired) electrons. The van der Waals surface area contributed by atoms with Crippen molar-refractivity contribution >= 4 is 29.5 Å². The molecule has 1 aliphatic rings. The number of aromatic carboxylic acids is 1. The van der Waals surface area contributed by atoms with E-state index >= 15 is 0 Å². The largest absolute Gasteiger partial charge is 0.477 e. The van der Waals surface area contributed by atoms with E-state index in [0.717, 1.165) is 12.0 Å². The lowest BCUT2D eigenvalue weighted by Gasteiger charge is -2.31.